The van der Waals surface area contributed by atoms with Gasteiger partial charge in [0, 0.05) is 12.2 Å². The lowest BCUT2D eigenvalue weighted by Crippen LogP contribution is -2.30. The maximum atomic E-state index is 9.89. The number of hydrogen-bond acceptors (Lipinski definition) is 8. The molecule has 0 aliphatic rings. The molecule has 3 rings (SSSR count). The monoisotopic (exact) mass is 488 g/mol. The summed E-state index contributed by atoms with van der Waals surface area (Å²) in [5.41, 5.74) is 0.791. The third-order valence-corrected chi connectivity index (χ3v) is 4.66. The number of anilines is 2. The Morgan fingerprint density at radius 3 is 2.32 bits per heavy atom. The van der Waals surface area contributed by atoms with E-state index in [1.165, 1.54) is 0 Å². The maximum absolute atomic E-state index is 9.89. The minimum absolute atomic E-state index is 0.229. The number of nitrogens with zero attached hydrogens (tertiary/aromatic N) is 3. The molecule has 9 heteroatoms. The van der Waals surface area contributed by atoms with Gasteiger partial charge in [-0.25, -0.2) is 4.98 Å². The van der Waals surface area contributed by atoms with Crippen molar-refractivity contribution >= 4 is 27.6 Å². The largest absolute Gasteiger partial charge is 0.497 e. The average molecular weight is 489 g/mol. The molecule has 0 aliphatic heterocycles. The molecule has 1 heterocycles. The Morgan fingerprint density at radius 1 is 1.03 bits per heavy atom. The first-order valence-corrected chi connectivity index (χ1v) is 10.4. The Labute approximate surface area is 189 Å². The van der Waals surface area contributed by atoms with Crippen LogP contribution < -0.4 is 19.5 Å². The highest BCUT2D eigenvalue weighted by molar-refractivity contribution is 9.10. The maximum Gasteiger partial charge on any atom is 0.238 e. The van der Waals surface area contributed by atoms with E-state index in [2.05, 4.69) is 31.2 Å². The lowest BCUT2D eigenvalue weighted by Gasteiger charge is -2.16. The van der Waals surface area contributed by atoms with Crippen molar-refractivity contribution in [2.75, 3.05) is 39.7 Å². The zero-order valence-electron chi connectivity index (χ0n) is 17.6. The number of rotatable bonds is 10. The normalized spacial score (nSPS) is 11.8. The van der Waals surface area contributed by atoms with Crippen molar-refractivity contribution in [1.29, 1.82) is 0 Å². The Balaban J connectivity index is 1.61. The zero-order chi connectivity index (χ0) is 22.2. The van der Waals surface area contributed by atoms with E-state index in [9.17, 15) is 5.11 Å². The van der Waals surface area contributed by atoms with Gasteiger partial charge in [0.25, 0.3) is 0 Å². The van der Waals surface area contributed by atoms with E-state index in [0.29, 0.717) is 34.3 Å². The van der Waals surface area contributed by atoms with E-state index < -0.39 is 6.10 Å². The number of hydrogen-bond donors (Lipinski definition) is 2. The summed E-state index contributed by atoms with van der Waals surface area (Å²) in [5.74, 6) is 2.82. The number of benzene rings is 2. The molecule has 3 aromatic rings. The molecule has 1 atom stereocenters. The van der Waals surface area contributed by atoms with Crippen LogP contribution in [0.1, 0.15) is 0 Å². The minimum Gasteiger partial charge on any atom is -0.497 e. The smallest absolute Gasteiger partial charge is 0.238 e. The van der Waals surface area contributed by atoms with Gasteiger partial charge in [0.15, 0.2) is 0 Å². The van der Waals surface area contributed by atoms with Gasteiger partial charge in [-0.3, -0.25) is 0 Å². The third-order valence-electron chi connectivity index (χ3n) is 4.11. The van der Waals surface area contributed by atoms with Crippen LogP contribution in [0.5, 0.6) is 23.1 Å². The van der Waals surface area contributed by atoms with E-state index in [0.717, 1.165) is 11.4 Å². The summed E-state index contributed by atoms with van der Waals surface area (Å²) in [6.07, 6.45) is 1.07. The lowest BCUT2D eigenvalue weighted by molar-refractivity contribution is 0.0831. The fraction of sp³-hybridized carbons (Fsp3) is 0.273. The Morgan fingerprint density at radius 2 is 1.68 bits per heavy atom. The second kappa shape index (κ2) is 10.9. The van der Waals surface area contributed by atoms with Crippen molar-refractivity contribution in [1.82, 2.24) is 14.9 Å². The van der Waals surface area contributed by atoms with Gasteiger partial charge < -0.3 is 29.5 Å². The van der Waals surface area contributed by atoms with Gasteiger partial charge >= 0.3 is 0 Å². The average Bonchev–Trinajstić information content (AvgIpc) is 2.75. The number of aromatic nitrogens is 2. The molecule has 0 amide bonds. The van der Waals surface area contributed by atoms with Crippen molar-refractivity contribution < 1.29 is 19.3 Å². The Hall–Kier alpha value is -2.88. The molecule has 0 saturated carbocycles. The highest BCUT2D eigenvalue weighted by atomic mass is 79.9. The fourth-order valence-corrected chi connectivity index (χ4v) is 2.94. The van der Waals surface area contributed by atoms with Gasteiger partial charge in [-0.1, -0.05) is 0 Å². The van der Waals surface area contributed by atoms with Gasteiger partial charge in [-0.2, -0.15) is 4.98 Å². The van der Waals surface area contributed by atoms with Crippen LogP contribution in [-0.2, 0) is 0 Å². The molecule has 0 bridgehead atoms. The van der Waals surface area contributed by atoms with Crippen LogP contribution in [-0.4, -0.2) is 60.4 Å². The van der Waals surface area contributed by atoms with Crippen molar-refractivity contribution in [3.8, 4) is 23.1 Å². The summed E-state index contributed by atoms with van der Waals surface area (Å²) >= 11 is 3.41. The molecule has 164 valence electrons. The number of likely N-dealkylation sites (N-methyl/N-ethyl adjacent to an activating group) is 1. The predicted octanol–water partition coefficient (Wildman–Crippen LogP) is 4.08. The molecule has 1 unspecified atom stereocenters. The standard InChI is InChI=1S/C22H25BrN4O4/c1-27(2)13-16(28)14-30-18-6-4-15(5-7-18)25-22-24-12-20(23)21(26-22)31-19-10-8-17(29-3)9-11-19/h4-12,16,28H,13-14H2,1-3H3,(H,24,25,26). The van der Waals surface area contributed by atoms with E-state index >= 15 is 0 Å². The molecule has 0 radical (unpaired) electrons. The van der Waals surface area contributed by atoms with Gasteiger partial charge in [-0.15, -0.1) is 0 Å². The van der Waals surface area contributed by atoms with Crippen LogP contribution in [0.3, 0.4) is 0 Å². The van der Waals surface area contributed by atoms with Crippen molar-refractivity contribution in [2.45, 2.75) is 6.10 Å². The summed E-state index contributed by atoms with van der Waals surface area (Å²) in [4.78, 5) is 10.6. The molecule has 8 nitrogen and oxygen atoms in total. The summed E-state index contributed by atoms with van der Waals surface area (Å²) in [6, 6.07) is 14.6. The highest BCUT2D eigenvalue weighted by Crippen LogP contribution is 2.29. The number of aliphatic hydroxyl groups excluding tert-OH is 1. The molecule has 0 saturated heterocycles. The molecular weight excluding hydrogens is 464 g/mol. The van der Waals surface area contributed by atoms with Gasteiger partial charge in [0.1, 0.15) is 30.0 Å². The first-order valence-electron chi connectivity index (χ1n) is 9.60. The second-order valence-corrected chi connectivity index (χ2v) is 7.86. The predicted molar refractivity (Wildman–Crippen MR) is 123 cm³/mol. The molecule has 31 heavy (non-hydrogen) atoms. The Bertz CT molecular complexity index is 968. The summed E-state index contributed by atoms with van der Waals surface area (Å²) < 4.78 is 17.3. The summed E-state index contributed by atoms with van der Waals surface area (Å²) in [6.45, 7) is 0.772. The minimum atomic E-state index is -0.548. The van der Waals surface area contributed by atoms with Crippen molar-refractivity contribution in [3.63, 3.8) is 0 Å². The third kappa shape index (κ3) is 7.09. The summed E-state index contributed by atoms with van der Waals surface area (Å²) in [7, 11) is 5.42. The molecule has 0 aliphatic carbocycles. The molecule has 1 aromatic heterocycles. The van der Waals surface area contributed by atoms with Gasteiger partial charge in [-0.05, 0) is 78.6 Å². The SMILES string of the molecule is COc1ccc(Oc2nc(Nc3ccc(OCC(O)CN(C)C)cc3)ncc2Br)cc1. The molecule has 0 spiro atoms. The molecule has 2 N–H and O–H groups in total. The quantitative estimate of drug-likeness (QED) is 0.441. The van der Waals surface area contributed by atoms with E-state index in [1.807, 2.05) is 55.4 Å². The van der Waals surface area contributed by atoms with Crippen LogP contribution in [0.15, 0.2) is 59.2 Å². The van der Waals surface area contributed by atoms with E-state index in [4.69, 9.17) is 14.2 Å². The molecular formula is C22H25BrN4O4. The number of methoxy groups -OCH3 is 1. The zero-order valence-corrected chi connectivity index (χ0v) is 19.2. The molecule has 0 fully saturated rings. The van der Waals surface area contributed by atoms with E-state index in [1.54, 1.807) is 25.4 Å². The number of nitrogens with one attached hydrogen (secondary N) is 1. The van der Waals surface area contributed by atoms with Crippen molar-refractivity contribution in [3.05, 3.63) is 59.2 Å². The summed E-state index contributed by atoms with van der Waals surface area (Å²) in [5, 5.41) is 13.0. The van der Waals surface area contributed by atoms with Crippen LogP contribution in [0.25, 0.3) is 0 Å². The molecule has 2 aromatic carbocycles. The van der Waals surface area contributed by atoms with Crippen molar-refractivity contribution in [2.24, 2.45) is 0 Å². The van der Waals surface area contributed by atoms with Gasteiger partial charge in [0.05, 0.1) is 17.8 Å². The first-order chi connectivity index (χ1) is 14.9. The topological polar surface area (TPSA) is 89.0 Å². The van der Waals surface area contributed by atoms with Crippen LogP contribution in [0.2, 0.25) is 0 Å². The van der Waals surface area contributed by atoms with Crippen LogP contribution >= 0.6 is 15.9 Å². The van der Waals surface area contributed by atoms with Crippen LogP contribution in [0.4, 0.5) is 11.6 Å². The fourth-order valence-electron chi connectivity index (χ4n) is 2.67. The lowest BCUT2D eigenvalue weighted by atomic mass is 10.3. The van der Waals surface area contributed by atoms with Gasteiger partial charge in [0.2, 0.25) is 11.8 Å². The second-order valence-electron chi connectivity index (χ2n) is 7.00. The number of halogens is 1. The number of aliphatic hydroxyl groups is 1. The van der Waals surface area contributed by atoms with Crippen LogP contribution in [0, 0.1) is 0 Å². The number of ether oxygens (including phenoxy) is 3. The Kier molecular flexibility index (Phi) is 8.05. The highest BCUT2D eigenvalue weighted by Gasteiger charge is 2.10. The van der Waals surface area contributed by atoms with E-state index in [-0.39, 0.29) is 6.61 Å². The first kappa shape index (κ1) is 22.8.